The molecule has 0 radical (unpaired) electrons. The molecule has 1 amide bonds. The van der Waals surface area contributed by atoms with Gasteiger partial charge in [0, 0.05) is 16.8 Å². The minimum absolute atomic E-state index is 0.0107. The lowest BCUT2D eigenvalue weighted by molar-refractivity contribution is -0.140. The van der Waals surface area contributed by atoms with Gasteiger partial charge in [0.2, 0.25) is 0 Å². The summed E-state index contributed by atoms with van der Waals surface area (Å²) in [5.41, 5.74) is 1.68. The Morgan fingerprint density at radius 1 is 1.10 bits per heavy atom. The molecule has 0 spiro atoms. The number of likely N-dealkylation sites (tertiary alicyclic amines) is 1. The van der Waals surface area contributed by atoms with Crippen LogP contribution in [0.1, 0.15) is 22.9 Å². The first-order valence-electron chi connectivity index (χ1n) is 9.58. The molecule has 0 saturated carbocycles. The second-order valence-electron chi connectivity index (χ2n) is 7.03. The Balaban J connectivity index is 1.87. The summed E-state index contributed by atoms with van der Waals surface area (Å²) in [7, 11) is 1.54. The number of methoxy groups -OCH3 is 1. The summed E-state index contributed by atoms with van der Waals surface area (Å²) >= 11 is 5.95. The predicted octanol–water partition coefficient (Wildman–Crippen LogP) is 4.37. The zero-order valence-electron chi connectivity index (χ0n) is 16.7. The zero-order valence-corrected chi connectivity index (χ0v) is 17.4. The smallest absolute Gasteiger partial charge is 0.296 e. The van der Waals surface area contributed by atoms with Crippen LogP contribution in [0.15, 0.2) is 78.5 Å². The van der Waals surface area contributed by atoms with E-state index in [4.69, 9.17) is 16.3 Å². The minimum atomic E-state index is -0.798. The predicted molar refractivity (Wildman–Crippen MR) is 117 cm³/mol. The van der Waals surface area contributed by atoms with Crippen molar-refractivity contribution in [3.63, 3.8) is 0 Å². The fraction of sp³-hybridized carbons (Fsp3) is 0.125. The van der Waals surface area contributed by atoms with Crippen LogP contribution in [0.2, 0.25) is 5.02 Å². The Morgan fingerprint density at radius 2 is 1.87 bits per heavy atom. The van der Waals surface area contributed by atoms with Gasteiger partial charge >= 0.3 is 0 Å². The number of halogens is 1. The first-order chi connectivity index (χ1) is 15.0. The number of hydrogen-bond donors (Lipinski definition) is 1. The highest BCUT2D eigenvalue weighted by molar-refractivity contribution is 6.46. The number of ketones is 1. The van der Waals surface area contributed by atoms with Crippen LogP contribution in [-0.2, 0) is 16.1 Å². The minimum Gasteiger partial charge on any atom is -0.507 e. The summed E-state index contributed by atoms with van der Waals surface area (Å²) in [4.78, 5) is 31.7. The molecule has 1 unspecified atom stereocenters. The molecule has 4 rings (SSSR count). The molecule has 2 aromatic carbocycles. The van der Waals surface area contributed by atoms with Gasteiger partial charge in [0.15, 0.2) is 0 Å². The van der Waals surface area contributed by atoms with Crippen molar-refractivity contribution in [3.05, 3.63) is 100 Å². The molecule has 2 heterocycles. The molecule has 1 aliphatic rings. The lowest BCUT2D eigenvalue weighted by Crippen LogP contribution is -2.29. The van der Waals surface area contributed by atoms with Crippen molar-refractivity contribution in [2.45, 2.75) is 12.6 Å². The number of aliphatic hydroxyl groups excluding tert-OH is 1. The van der Waals surface area contributed by atoms with E-state index in [0.717, 1.165) is 0 Å². The van der Waals surface area contributed by atoms with Gasteiger partial charge in [-0.05, 0) is 54.1 Å². The van der Waals surface area contributed by atoms with E-state index < -0.39 is 17.7 Å². The van der Waals surface area contributed by atoms with Crippen molar-refractivity contribution in [1.29, 1.82) is 0 Å². The van der Waals surface area contributed by atoms with Crippen LogP contribution >= 0.6 is 11.6 Å². The number of ether oxygens (including phenoxy) is 1. The summed E-state index contributed by atoms with van der Waals surface area (Å²) in [5, 5.41) is 11.5. The van der Waals surface area contributed by atoms with Crippen LogP contribution in [0.5, 0.6) is 5.75 Å². The third-order valence-electron chi connectivity index (χ3n) is 5.13. The number of nitrogens with zero attached hydrogens (tertiary/aromatic N) is 2. The molecule has 7 heteroatoms. The zero-order chi connectivity index (χ0) is 22.0. The number of pyridine rings is 1. The molecule has 0 aliphatic carbocycles. The summed E-state index contributed by atoms with van der Waals surface area (Å²) in [5.74, 6) is -1.14. The molecule has 1 fully saturated rings. The van der Waals surface area contributed by atoms with E-state index in [1.807, 2.05) is 6.07 Å². The first kappa shape index (κ1) is 20.6. The number of carbonyl (C=O) groups is 2. The maximum atomic E-state index is 13.0. The summed E-state index contributed by atoms with van der Waals surface area (Å²) < 4.78 is 5.32. The van der Waals surface area contributed by atoms with Crippen LogP contribution < -0.4 is 4.74 Å². The highest BCUT2D eigenvalue weighted by atomic mass is 35.5. The van der Waals surface area contributed by atoms with Crippen molar-refractivity contribution < 1.29 is 19.4 Å². The van der Waals surface area contributed by atoms with Gasteiger partial charge in [-0.1, -0.05) is 29.8 Å². The Kier molecular flexibility index (Phi) is 5.73. The topological polar surface area (TPSA) is 79.7 Å². The second kappa shape index (κ2) is 8.62. The molecule has 3 aromatic rings. The number of amides is 1. The van der Waals surface area contributed by atoms with Crippen molar-refractivity contribution in [1.82, 2.24) is 9.88 Å². The van der Waals surface area contributed by atoms with Crippen LogP contribution in [-0.4, -0.2) is 33.8 Å². The van der Waals surface area contributed by atoms with Gasteiger partial charge in [0.1, 0.15) is 11.5 Å². The van der Waals surface area contributed by atoms with E-state index in [-0.39, 0.29) is 17.9 Å². The third-order valence-corrected chi connectivity index (χ3v) is 5.38. The van der Waals surface area contributed by atoms with Crippen LogP contribution in [0, 0.1) is 0 Å². The molecular formula is C24H19ClN2O4. The van der Waals surface area contributed by atoms with Crippen molar-refractivity contribution in [3.8, 4) is 5.75 Å². The Hall–Kier alpha value is -3.64. The largest absolute Gasteiger partial charge is 0.507 e. The van der Waals surface area contributed by atoms with Gasteiger partial charge < -0.3 is 14.7 Å². The van der Waals surface area contributed by atoms with Crippen LogP contribution in [0.3, 0.4) is 0 Å². The van der Waals surface area contributed by atoms with Gasteiger partial charge in [0.05, 0.1) is 31.0 Å². The van der Waals surface area contributed by atoms with Gasteiger partial charge in [-0.25, -0.2) is 0 Å². The van der Waals surface area contributed by atoms with Crippen LogP contribution in [0.25, 0.3) is 5.76 Å². The number of Topliss-reactive ketones (excluding diaryl/α,β-unsaturated/α-hetero) is 1. The van der Waals surface area contributed by atoms with Gasteiger partial charge in [0.25, 0.3) is 11.7 Å². The van der Waals surface area contributed by atoms with E-state index in [9.17, 15) is 14.7 Å². The van der Waals surface area contributed by atoms with E-state index >= 15 is 0 Å². The van der Waals surface area contributed by atoms with Crippen molar-refractivity contribution in [2.24, 2.45) is 0 Å². The van der Waals surface area contributed by atoms with E-state index in [0.29, 0.717) is 27.6 Å². The number of aromatic nitrogens is 1. The number of aliphatic hydroxyl groups is 1. The number of benzene rings is 2. The Bertz CT molecular complexity index is 1160. The SMILES string of the molecule is COc1cccc(C2/C(=C(/O)c3ccc(Cl)cc3)C(=O)C(=O)N2Cc2ccccn2)c1. The highest BCUT2D eigenvalue weighted by Crippen LogP contribution is 2.41. The quantitative estimate of drug-likeness (QED) is 0.366. The van der Waals surface area contributed by atoms with E-state index in [1.165, 1.54) is 12.0 Å². The second-order valence-corrected chi connectivity index (χ2v) is 7.47. The van der Waals surface area contributed by atoms with Gasteiger partial charge in [-0.15, -0.1) is 0 Å². The summed E-state index contributed by atoms with van der Waals surface area (Å²) in [6.45, 7) is 0.116. The molecule has 1 N–H and O–H groups in total. The molecule has 1 aliphatic heterocycles. The number of hydrogen-bond acceptors (Lipinski definition) is 5. The monoisotopic (exact) mass is 434 g/mol. The van der Waals surface area contributed by atoms with E-state index in [2.05, 4.69) is 4.98 Å². The Labute approximate surface area is 184 Å². The lowest BCUT2D eigenvalue weighted by atomic mass is 9.95. The number of carbonyl (C=O) groups excluding carboxylic acids is 2. The maximum absolute atomic E-state index is 13.0. The standard InChI is InChI=1S/C24H19ClN2O4/c1-31-19-7-4-5-16(13-19)21-20(22(28)15-8-10-17(25)11-9-15)23(29)24(30)27(21)14-18-6-2-3-12-26-18/h2-13,21,28H,14H2,1H3/b22-20-. The molecule has 0 bridgehead atoms. The fourth-order valence-corrected chi connectivity index (χ4v) is 3.76. The summed E-state index contributed by atoms with van der Waals surface area (Å²) in [6.07, 6.45) is 1.63. The normalized spacial score (nSPS) is 17.7. The molecular weight excluding hydrogens is 416 g/mol. The molecule has 31 heavy (non-hydrogen) atoms. The fourth-order valence-electron chi connectivity index (χ4n) is 3.63. The van der Waals surface area contributed by atoms with Crippen molar-refractivity contribution in [2.75, 3.05) is 7.11 Å². The average molecular weight is 435 g/mol. The number of rotatable bonds is 5. The summed E-state index contributed by atoms with van der Waals surface area (Å²) in [6, 6.07) is 18.1. The van der Waals surface area contributed by atoms with Crippen molar-refractivity contribution >= 4 is 29.1 Å². The molecule has 6 nitrogen and oxygen atoms in total. The molecule has 1 saturated heterocycles. The molecule has 1 aromatic heterocycles. The average Bonchev–Trinajstić information content (AvgIpc) is 3.05. The van der Waals surface area contributed by atoms with Gasteiger partial charge in [-0.2, -0.15) is 0 Å². The Morgan fingerprint density at radius 3 is 2.55 bits per heavy atom. The van der Waals surface area contributed by atoms with Gasteiger partial charge in [-0.3, -0.25) is 14.6 Å². The van der Waals surface area contributed by atoms with E-state index in [1.54, 1.807) is 66.9 Å². The third kappa shape index (κ3) is 4.02. The van der Waals surface area contributed by atoms with Crippen LogP contribution in [0.4, 0.5) is 0 Å². The highest BCUT2D eigenvalue weighted by Gasteiger charge is 2.46. The molecule has 1 atom stereocenters. The first-order valence-corrected chi connectivity index (χ1v) is 9.95. The lowest BCUT2D eigenvalue weighted by Gasteiger charge is -2.25. The maximum Gasteiger partial charge on any atom is 0.296 e. The molecule has 156 valence electrons.